The third-order valence-corrected chi connectivity index (χ3v) is 7.56. The molecule has 0 N–H and O–H groups in total. The van der Waals surface area contributed by atoms with Gasteiger partial charge in [-0.05, 0) is 42.8 Å². The third-order valence-electron chi connectivity index (χ3n) is 5.50. The number of piperidine rings is 1. The Balaban J connectivity index is 1.09. The van der Waals surface area contributed by atoms with E-state index < -0.39 is 0 Å². The van der Waals surface area contributed by atoms with Gasteiger partial charge in [-0.15, -0.1) is 22.7 Å². The summed E-state index contributed by atoms with van der Waals surface area (Å²) in [5.74, 6) is 1.90. The van der Waals surface area contributed by atoms with E-state index in [1.807, 2.05) is 28.5 Å². The molecule has 0 aliphatic carbocycles. The number of carbonyl (C=O) groups is 1. The summed E-state index contributed by atoms with van der Waals surface area (Å²) in [7, 11) is 0. The number of thiazole rings is 1. The SMILES string of the molecule is O=C(CCCc1nc(-c2cccs2)no1)N1CCC(c2nc3ccccc3s2)CC1. The highest BCUT2D eigenvalue weighted by Crippen LogP contribution is 2.34. The number of hydrogen-bond acceptors (Lipinski definition) is 7. The Hall–Kier alpha value is -2.58. The first kappa shape index (κ1) is 19.4. The van der Waals surface area contributed by atoms with Gasteiger partial charge in [0.15, 0.2) is 0 Å². The lowest BCUT2D eigenvalue weighted by atomic mass is 9.97. The lowest BCUT2D eigenvalue weighted by molar-refractivity contribution is -0.132. The van der Waals surface area contributed by atoms with Crippen LogP contribution in [-0.2, 0) is 11.2 Å². The van der Waals surface area contributed by atoms with Crippen molar-refractivity contribution in [1.29, 1.82) is 0 Å². The Kier molecular flexibility index (Phi) is 5.59. The molecule has 30 heavy (non-hydrogen) atoms. The molecule has 0 atom stereocenters. The van der Waals surface area contributed by atoms with E-state index in [2.05, 4.69) is 28.3 Å². The molecule has 1 aliphatic rings. The Morgan fingerprint density at radius 1 is 1.13 bits per heavy atom. The van der Waals surface area contributed by atoms with E-state index in [1.165, 1.54) is 9.71 Å². The fraction of sp³-hybridized carbons (Fsp3) is 0.364. The van der Waals surface area contributed by atoms with Gasteiger partial charge in [0.25, 0.3) is 0 Å². The molecule has 1 aliphatic heterocycles. The molecule has 0 radical (unpaired) electrons. The normalized spacial score (nSPS) is 15.1. The number of amides is 1. The number of hydrogen-bond donors (Lipinski definition) is 0. The molecule has 1 amide bonds. The van der Waals surface area contributed by atoms with Crippen LogP contribution in [0.1, 0.15) is 42.5 Å². The smallest absolute Gasteiger partial charge is 0.226 e. The van der Waals surface area contributed by atoms with Crippen molar-refractivity contribution in [2.75, 3.05) is 13.1 Å². The van der Waals surface area contributed by atoms with Crippen LogP contribution in [0.2, 0.25) is 0 Å². The van der Waals surface area contributed by atoms with Crippen molar-refractivity contribution in [2.45, 2.75) is 38.0 Å². The second-order valence-electron chi connectivity index (χ2n) is 7.52. The molecule has 8 heteroatoms. The lowest BCUT2D eigenvalue weighted by Gasteiger charge is -2.31. The molecule has 3 aromatic heterocycles. The quantitative estimate of drug-likeness (QED) is 0.417. The maximum absolute atomic E-state index is 12.6. The molecular formula is C22H22N4O2S2. The maximum Gasteiger partial charge on any atom is 0.226 e. The van der Waals surface area contributed by atoms with Crippen LogP contribution in [0.3, 0.4) is 0 Å². The second-order valence-corrected chi connectivity index (χ2v) is 9.53. The average molecular weight is 439 g/mol. The van der Waals surface area contributed by atoms with Gasteiger partial charge in [-0.1, -0.05) is 23.4 Å². The molecule has 0 spiro atoms. The number of nitrogens with zero attached hydrogens (tertiary/aromatic N) is 4. The highest BCUT2D eigenvalue weighted by molar-refractivity contribution is 7.18. The van der Waals surface area contributed by atoms with Crippen LogP contribution in [0.5, 0.6) is 0 Å². The molecule has 4 heterocycles. The Labute approximate surface area is 182 Å². The van der Waals surface area contributed by atoms with E-state index >= 15 is 0 Å². The standard InChI is InChI=1S/C22H22N4O2S2/c27-20(9-3-8-19-24-21(25-28-19)18-7-4-14-29-18)26-12-10-15(11-13-26)22-23-16-5-1-2-6-17(16)30-22/h1-2,4-7,14-15H,3,8-13H2. The van der Waals surface area contributed by atoms with Crippen LogP contribution >= 0.6 is 22.7 Å². The molecule has 0 unspecified atom stereocenters. The van der Waals surface area contributed by atoms with E-state index in [9.17, 15) is 4.79 Å². The van der Waals surface area contributed by atoms with Gasteiger partial charge >= 0.3 is 0 Å². The van der Waals surface area contributed by atoms with E-state index in [4.69, 9.17) is 9.51 Å². The average Bonchev–Trinajstić information content (AvgIpc) is 3.53. The molecule has 0 bridgehead atoms. The molecule has 0 saturated carbocycles. The zero-order chi connectivity index (χ0) is 20.3. The van der Waals surface area contributed by atoms with Crippen LogP contribution < -0.4 is 0 Å². The highest BCUT2D eigenvalue weighted by Gasteiger charge is 2.25. The van der Waals surface area contributed by atoms with Crippen LogP contribution in [0.15, 0.2) is 46.3 Å². The van der Waals surface area contributed by atoms with Crippen molar-refractivity contribution in [2.24, 2.45) is 0 Å². The van der Waals surface area contributed by atoms with Gasteiger partial charge in [0.1, 0.15) is 0 Å². The number of fused-ring (bicyclic) bond motifs is 1. The summed E-state index contributed by atoms with van der Waals surface area (Å²) in [5, 5.41) is 7.22. The minimum absolute atomic E-state index is 0.218. The molecule has 154 valence electrons. The first-order chi connectivity index (χ1) is 14.8. The van der Waals surface area contributed by atoms with Gasteiger partial charge in [-0.2, -0.15) is 4.98 Å². The Morgan fingerprint density at radius 3 is 2.80 bits per heavy atom. The molecule has 1 aromatic carbocycles. The summed E-state index contributed by atoms with van der Waals surface area (Å²) in [6, 6.07) is 12.2. The zero-order valence-corrected chi connectivity index (χ0v) is 18.1. The van der Waals surface area contributed by atoms with Crippen molar-refractivity contribution in [3.05, 3.63) is 52.7 Å². The van der Waals surface area contributed by atoms with Crippen molar-refractivity contribution in [3.8, 4) is 10.7 Å². The fourth-order valence-electron chi connectivity index (χ4n) is 3.85. The number of aryl methyl sites for hydroxylation is 1. The topological polar surface area (TPSA) is 72.1 Å². The summed E-state index contributed by atoms with van der Waals surface area (Å²) < 4.78 is 6.56. The van der Waals surface area contributed by atoms with Gasteiger partial charge < -0.3 is 9.42 Å². The fourth-order valence-corrected chi connectivity index (χ4v) is 5.64. The Morgan fingerprint density at radius 2 is 2.00 bits per heavy atom. The van der Waals surface area contributed by atoms with Crippen LogP contribution in [0.25, 0.3) is 20.9 Å². The van der Waals surface area contributed by atoms with Gasteiger partial charge in [0.2, 0.25) is 17.6 Å². The van der Waals surface area contributed by atoms with Crippen LogP contribution in [0.4, 0.5) is 0 Å². The van der Waals surface area contributed by atoms with Crippen molar-refractivity contribution >= 4 is 38.8 Å². The summed E-state index contributed by atoms with van der Waals surface area (Å²) >= 11 is 3.38. The molecule has 6 nitrogen and oxygen atoms in total. The largest absolute Gasteiger partial charge is 0.343 e. The summed E-state index contributed by atoms with van der Waals surface area (Å²) in [6.45, 7) is 1.62. The number of likely N-dealkylation sites (tertiary alicyclic amines) is 1. The predicted molar refractivity (Wildman–Crippen MR) is 119 cm³/mol. The van der Waals surface area contributed by atoms with E-state index in [-0.39, 0.29) is 5.91 Å². The first-order valence-corrected chi connectivity index (χ1v) is 12.0. The summed E-state index contributed by atoms with van der Waals surface area (Å²) in [4.78, 5) is 24.8. The van der Waals surface area contributed by atoms with Crippen molar-refractivity contribution < 1.29 is 9.32 Å². The number of para-hydroxylation sites is 1. The molecular weight excluding hydrogens is 416 g/mol. The number of thiophene rings is 1. The van der Waals surface area contributed by atoms with E-state index in [1.54, 1.807) is 22.7 Å². The van der Waals surface area contributed by atoms with E-state index in [0.717, 1.165) is 42.7 Å². The number of aromatic nitrogens is 3. The van der Waals surface area contributed by atoms with Crippen molar-refractivity contribution in [1.82, 2.24) is 20.0 Å². The molecule has 4 aromatic rings. The lowest BCUT2D eigenvalue weighted by Crippen LogP contribution is -2.37. The minimum atomic E-state index is 0.218. The molecule has 1 fully saturated rings. The van der Waals surface area contributed by atoms with Gasteiger partial charge in [0, 0.05) is 31.8 Å². The second kappa shape index (κ2) is 8.65. The summed E-state index contributed by atoms with van der Waals surface area (Å²) in [5.41, 5.74) is 1.08. The minimum Gasteiger partial charge on any atom is -0.343 e. The number of rotatable bonds is 6. The molecule has 5 rings (SSSR count). The number of benzene rings is 1. The van der Waals surface area contributed by atoms with Crippen LogP contribution in [-0.4, -0.2) is 39.0 Å². The Bertz CT molecular complexity index is 1090. The van der Waals surface area contributed by atoms with Gasteiger partial charge in [-0.3, -0.25) is 4.79 Å². The number of carbonyl (C=O) groups excluding carboxylic acids is 1. The zero-order valence-electron chi connectivity index (χ0n) is 16.5. The monoisotopic (exact) mass is 438 g/mol. The summed E-state index contributed by atoms with van der Waals surface area (Å²) in [6.07, 6.45) is 3.84. The molecule has 1 saturated heterocycles. The highest BCUT2D eigenvalue weighted by atomic mass is 32.1. The van der Waals surface area contributed by atoms with E-state index in [0.29, 0.717) is 30.5 Å². The maximum atomic E-state index is 12.6. The predicted octanol–water partition coefficient (Wildman–Crippen LogP) is 5.14. The first-order valence-electron chi connectivity index (χ1n) is 10.3. The van der Waals surface area contributed by atoms with Gasteiger partial charge in [-0.25, -0.2) is 4.98 Å². The van der Waals surface area contributed by atoms with Crippen LogP contribution in [0, 0.1) is 0 Å². The van der Waals surface area contributed by atoms with Gasteiger partial charge in [0.05, 0.1) is 20.1 Å². The third kappa shape index (κ3) is 4.15. The van der Waals surface area contributed by atoms with Crippen molar-refractivity contribution in [3.63, 3.8) is 0 Å².